The van der Waals surface area contributed by atoms with Gasteiger partial charge in [0.05, 0.1) is 29.4 Å². The third-order valence-electron chi connectivity index (χ3n) is 4.31. The van der Waals surface area contributed by atoms with Crippen molar-refractivity contribution >= 4 is 34.6 Å². The lowest BCUT2D eigenvalue weighted by molar-refractivity contribution is -0.147. The van der Waals surface area contributed by atoms with E-state index in [0.29, 0.717) is 6.42 Å². The van der Waals surface area contributed by atoms with Gasteiger partial charge in [0.1, 0.15) is 12.4 Å². The quantitative estimate of drug-likeness (QED) is 0.617. The van der Waals surface area contributed by atoms with Crippen LogP contribution in [-0.4, -0.2) is 41.1 Å². The van der Waals surface area contributed by atoms with Crippen molar-refractivity contribution < 1.29 is 23.9 Å². The maximum absolute atomic E-state index is 12.3. The van der Waals surface area contributed by atoms with Crippen LogP contribution in [0.3, 0.4) is 0 Å². The molecule has 0 fully saturated rings. The van der Waals surface area contributed by atoms with Gasteiger partial charge in [-0.25, -0.2) is 9.78 Å². The molecule has 0 aliphatic heterocycles. The van der Waals surface area contributed by atoms with Gasteiger partial charge in [-0.1, -0.05) is 31.2 Å². The molecular formula is C21H21N3O5. The molecule has 3 aromatic rings. The van der Waals surface area contributed by atoms with Crippen LogP contribution in [0, 0.1) is 0 Å². The lowest BCUT2D eigenvalue weighted by Crippen LogP contribution is -2.24. The van der Waals surface area contributed by atoms with Gasteiger partial charge in [-0.2, -0.15) is 0 Å². The van der Waals surface area contributed by atoms with Crippen LogP contribution in [0.15, 0.2) is 48.5 Å². The van der Waals surface area contributed by atoms with Gasteiger partial charge in [-0.05, 0) is 24.3 Å². The molecule has 29 heavy (non-hydrogen) atoms. The summed E-state index contributed by atoms with van der Waals surface area (Å²) in [7, 11) is 1.26. The molecule has 1 N–H and O–H groups in total. The monoisotopic (exact) mass is 395 g/mol. The number of nitrogens with one attached hydrogen (secondary N) is 1. The Hall–Kier alpha value is -3.68. The first-order chi connectivity index (χ1) is 14.0. The van der Waals surface area contributed by atoms with E-state index in [1.54, 1.807) is 22.8 Å². The van der Waals surface area contributed by atoms with Crippen molar-refractivity contribution in [3.8, 4) is 0 Å². The first-order valence-electron chi connectivity index (χ1n) is 9.10. The minimum absolute atomic E-state index is 0.0459. The number of methoxy groups -OCH3 is 1. The SMILES string of the molecule is CCc1nc2ccccc2n1CC(=O)OCC(=O)Nc1ccccc1C(=O)OC. The van der Waals surface area contributed by atoms with E-state index >= 15 is 0 Å². The summed E-state index contributed by atoms with van der Waals surface area (Å²) in [6.45, 7) is 1.44. The van der Waals surface area contributed by atoms with Crippen LogP contribution in [0.25, 0.3) is 11.0 Å². The summed E-state index contributed by atoms with van der Waals surface area (Å²) >= 11 is 0. The van der Waals surface area contributed by atoms with Gasteiger partial charge in [0.15, 0.2) is 6.61 Å². The van der Waals surface area contributed by atoms with Crippen LogP contribution in [0.4, 0.5) is 5.69 Å². The molecule has 0 bridgehead atoms. The second-order valence-corrected chi connectivity index (χ2v) is 6.20. The van der Waals surface area contributed by atoms with Crippen molar-refractivity contribution in [2.24, 2.45) is 0 Å². The molecule has 2 aromatic carbocycles. The molecule has 1 amide bonds. The number of aromatic nitrogens is 2. The van der Waals surface area contributed by atoms with Gasteiger partial charge in [-0.15, -0.1) is 0 Å². The van der Waals surface area contributed by atoms with Gasteiger partial charge in [0.2, 0.25) is 0 Å². The minimum atomic E-state index is -0.572. The number of rotatable bonds is 7. The summed E-state index contributed by atoms with van der Waals surface area (Å²) in [6.07, 6.45) is 0.659. The Balaban J connectivity index is 1.62. The number of hydrogen-bond acceptors (Lipinski definition) is 6. The molecule has 0 unspecified atom stereocenters. The molecular weight excluding hydrogens is 374 g/mol. The molecule has 1 aromatic heterocycles. The van der Waals surface area contributed by atoms with E-state index in [1.807, 2.05) is 31.2 Å². The number of anilines is 1. The van der Waals surface area contributed by atoms with Crippen molar-refractivity contribution in [2.45, 2.75) is 19.9 Å². The molecule has 0 spiro atoms. The lowest BCUT2D eigenvalue weighted by atomic mass is 10.2. The highest BCUT2D eigenvalue weighted by molar-refractivity contribution is 6.01. The third kappa shape index (κ3) is 4.60. The molecule has 8 heteroatoms. The van der Waals surface area contributed by atoms with E-state index in [4.69, 9.17) is 4.74 Å². The topological polar surface area (TPSA) is 99.5 Å². The van der Waals surface area contributed by atoms with E-state index in [1.165, 1.54) is 13.2 Å². The van der Waals surface area contributed by atoms with E-state index in [0.717, 1.165) is 16.9 Å². The zero-order valence-corrected chi connectivity index (χ0v) is 16.2. The Morgan fingerprint density at radius 1 is 1.07 bits per heavy atom. The lowest BCUT2D eigenvalue weighted by Gasteiger charge is -2.11. The first kappa shape index (κ1) is 20.1. The Morgan fingerprint density at radius 2 is 1.79 bits per heavy atom. The molecule has 0 aliphatic carbocycles. The molecule has 0 radical (unpaired) electrons. The number of benzene rings is 2. The van der Waals surface area contributed by atoms with Crippen LogP contribution < -0.4 is 5.32 Å². The van der Waals surface area contributed by atoms with Crippen LogP contribution in [0.1, 0.15) is 23.1 Å². The normalized spacial score (nSPS) is 10.6. The van der Waals surface area contributed by atoms with Crippen molar-refractivity contribution in [2.75, 3.05) is 19.0 Å². The molecule has 1 heterocycles. The van der Waals surface area contributed by atoms with E-state index < -0.39 is 24.5 Å². The van der Waals surface area contributed by atoms with Crippen molar-refractivity contribution in [1.82, 2.24) is 9.55 Å². The molecule has 8 nitrogen and oxygen atoms in total. The summed E-state index contributed by atoms with van der Waals surface area (Å²) < 4.78 is 11.6. The number of para-hydroxylation sites is 3. The van der Waals surface area contributed by atoms with Gasteiger partial charge >= 0.3 is 11.9 Å². The number of carbonyl (C=O) groups is 3. The van der Waals surface area contributed by atoms with Gasteiger partial charge in [0, 0.05) is 6.42 Å². The highest BCUT2D eigenvalue weighted by Gasteiger charge is 2.16. The van der Waals surface area contributed by atoms with Gasteiger partial charge in [0.25, 0.3) is 5.91 Å². The van der Waals surface area contributed by atoms with E-state index in [2.05, 4.69) is 15.0 Å². The number of nitrogens with zero attached hydrogens (tertiary/aromatic N) is 2. The Morgan fingerprint density at radius 3 is 2.55 bits per heavy atom. The van der Waals surface area contributed by atoms with Crippen molar-refractivity contribution in [3.63, 3.8) is 0 Å². The number of imidazole rings is 1. The third-order valence-corrected chi connectivity index (χ3v) is 4.31. The maximum Gasteiger partial charge on any atom is 0.339 e. The summed E-state index contributed by atoms with van der Waals surface area (Å²) in [5.74, 6) is -0.920. The zero-order valence-electron chi connectivity index (χ0n) is 16.2. The largest absolute Gasteiger partial charge is 0.465 e. The number of carbonyl (C=O) groups excluding carboxylic acids is 3. The number of fused-ring (bicyclic) bond motifs is 1. The molecule has 150 valence electrons. The smallest absolute Gasteiger partial charge is 0.339 e. The summed E-state index contributed by atoms with van der Waals surface area (Å²) in [4.78, 5) is 40.7. The van der Waals surface area contributed by atoms with E-state index in [9.17, 15) is 14.4 Å². The molecule has 0 atom stereocenters. The van der Waals surface area contributed by atoms with E-state index in [-0.39, 0.29) is 17.8 Å². The Kier molecular flexibility index (Phi) is 6.23. The predicted molar refractivity (Wildman–Crippen MR) is 106 cm³/mol. The number of hydrogen-bond donors (Lipinski definition) is 1. The molecule has 0 aliphatic rings. The number of amides is 1. The average molecular weight is 395 g/mol. The predicted octanol–water partition coefficient (Wildman–Crippen LogP) is 2.57. The van der Waals surface area contributed by atoms with Crippen molar-refractivity contribution in [3.05, 3.63) is 59.9 Å². The maximum atomic E-state index is 12.3. The van der Waals surface area contributed by atoms with Crippen LogP contribution >= 0.6 is 0 Å². The highest BCUT2D eigenvalue weighted by atomic mass is 16.5. The molecule has 0 saturated heterocycles. The minimum Gasteiger partial charge on any atom is -0.465 e. The fourth-order valence-electron chi connectivity index (χ4n) is 2.96. The van der Waals surface area contributed by atoms with Crippen molar-refractivity contribution in [1.29, 1.82) is 0 Å². The summed E-state index contributed by atoms with van der Waals surface area (Å²) in [6, 6.07) is 13.9. The fourth-order valence-corrected chi connectivity index (χ4v) is 2.96. The number of ether oxygens (including phenoxy) is 2. The van der Waals surface area contributed by atoms with Gasteiger partial charge < -0.3 is 19.4 Å². The number of aryl methyl sites for hydroxylation is 1. The fraction of sp³-hybridized carbons (Fsp3) is 0.238. The Bertz CT molecular complexity index is 1060. The van der Waals surface area contributed by atoms with Gasteiger partial charge in [-0.3, -0.25) is 9.59 Å². The highest BCUT2D eigenvalue weighted by Crippen LogP contribution is 2.17. The molecule has 0 saturated carbocycles. The number of esters is 2. The summed E-state index contributed by atoms with van der Waals surface area (Å²) in [5.41, 5.74) is 2.13. The second kappa shape index (κ2) is 9.01. The molecule has 3 rings (SSSR count). The van der Waals surface area contributed by atoms with Crippen LogP contribution in [-0.2, 0) is 32.0 Å². The second-order valence-electron chi connectivity index (χ2n) is 6.20. The zero-order chi connectivity index (χ0) is 20.8. The average Bonchev–Trinajstić information content (AvgIpc) is 3.09. The standard InChI is InChI=1S/C21H21N3O5/c1-3-18-22-16-10-6-7-11-17(16)24(18)12-20(26)29-13-19(25)23-15-9-5-4-8-14(15)21(27)28-2/h4-11H,3,12-13H2,1-2H3,(H,23,25). The van der Waals surface area contributed by atoms with Crippen LogP contribution in [0.2, 0.25) is 0 Å². The summed E-state index contributed by atoms with van der Waals surface area (Å²) in [5, 5.41) is 2.56. The Labute approximate surface area is 167 Å². The first-order valence-corrected chi connectivity index (χ1v) is 9.10. The van der Waals surface area contributed by atoms with Crippen LogP contribution in [0.5, 0.6) is 0 Å².